The first kappa shape index (κ1) is 20.5. The number of nitrogens with zero attached hydrogens (tertiary/aromatic N) is 3. The van der Waals surface area contributed by atoms with Crippen LogP contribution in [-0.4, -0.2) is 51.3 Å². The summed E-state index contributed by atoms with van der Waals surface area (Å²) in [5, 5.41) is 3.20. The van der Waals surface area contributed by atoms with Gasteiger partial charge in [-0.15, -0.1) is 0 Å². The number of methoxy groups -OCH3 is 1. The lowest BCUT2D eigenvalue weighted by Gasteiger charge is -2.12. The summed E-state index contributed by atoms with van der Waals surface area (Å²) in [7, 11) is 1.64. The number of hydrogen-bond donors (Lipinski definition) is 1. The number of rotatable bonds is 8. The molecule has 0 unspecified atom stereocenters. The second kappa shape index (κ2) is 9.31. The van der Waals surface area contributed by atoms with Crippen molar-refractivity contribution in [3.05, 3.63) is 45.2 Å². The summed E-state index contributed by atoms with van der Waals surface area (Å²) in [6.07, 6.45) is 4.85. The fraction of sp³-hybridized carbons (Fsp3) is 0.368. The molecule has 1 fully saturated rings. The van der Waals surface area contributed by atoms with Gasteiger partial charge in [0.2, 0.25) is 0 Å². The maximum Gasteiger partial charge on any atom is 0.267 e. The molecule has 9 heteroatoms. The zero-order valence-corrected chi connectivity index (χ0v) is 17.4. The summed E-state index contributed by atoms with van der Waals surface area (Å²) in [6.45, 7) is 3.76. The molecule has 0 spiro atoms. The molecular weight excluding hydrogens is 396 g/mol. The second-order valence-corrected chi connectivity index (χ2v) is 7.89. The van der Waals surface area contributed by atoms with Crippen molar-refractivity contribution in [2.75, 3.05) is 32.1 Å². The number of ether oxygens (including phenoxy) is 1. The number of carbonyl (C=O) groups excluding carboxylic acids is 1. The highest BCUT2D eigenvalue weighted by Crippen LogP contribution is 2.33. The predicted molar refractivity (Wildman–Crippen MR) is 117 cm³/mol. The van der Waals surface area contributed by atoms with Gasteiger partial charge < -0.3 is 10.1 Å². The fourth-order valence-corrected chi connectivity index (χ4v) is 4.13. The van der Waals surface area contributed by atoms with Crippen LogP contribution >= 0.6 is 24.0 Å². The number of thioether (sulfide) groups is 1. The SMILES string of the molecule is CCCN1C(=O)/C(=C/c2c(NCCCOC)nc3ccccn3c2=O)SC1=S. The zero-order chi connectivity index (χ0) is 20.1. The van der Waals surface area contributed by atoms with E-state index >= 15 is 0 Å². The van der Waals surface area contributed by atoms with Gasteiger partial charge in [0.15, 0.2) is 0 Å². The van der Waals surface area contributed by atoms with Crippen LogP contribution in [0.5, 0.6) is 0 Å². The molecule has 2 aromatic rings. The van der Waals surface area contributed by atoms with E-state index < -0.39 is 0 Å². The molecule has 0 atom stereocenters. The molecule has 3 heterocycles. The van der Waals surface area contributed by atoms with Gasteiger partial charge in [-0.2, -0.15) is 0 Å². The summed E-state index contributed by atoms with van der Waals surface area (Å²) in [6, 6.07) is 5.37. The summed E-state index contributed by atoms with van der Waals surface area (Å²) >= 11 is 6.53. The molecule has 2 aromatic heterocycles. The van der Waals surface area contributed by atoms with Crippen LogP contribution in [-0.2, 0) is 9.53 Å². The van der Waals surface area contributed by atoms with Crippen molar-refractivity contribution < 1.29 is 9.53 Å². The number of anilines is 1. The van der Waals surface area contributed by atoms with Gasteiger partial charge in [-0.05, 0) is 31.1 Å². The maximum atomic E-state index is 13.1. The average molecular weight is 419 g/mol. The Hall–Kier alpha value is -2.23. The molecule has 0 aliphatic carbocycles. The van der Waals surface area contributed by atoms with Gasteiger partial charge in [0.05, 0.1) is 10.5 Å². The van der Waals surface area contributed by atoms with Crippen molar-refractivity contribution in [3.63, 3.8) is 0 Å². The molecule has 148 valence electrons. The molecule has 1 saturated heterocycles. The van der Waals surface area contributed by atoms with Crippen LogP contribution in [0.4, 0.5) is 5.82 Å². The number of thiocarbonyl (C=S) groups is 1. The number of hydrogen-bond acceptors (Lipinski definition) is 7. The van der Waals surface area contributed by atoms with Crippen molar-refractivity contribution in [3.8, 4) is 0 Å². The molecule has 1 amide bonds. The van der Waals surface area contributed by atoms with Crippen LogP contribution in [0.25, 0.3) is 11.7 Å². The third kappa shape index (κ3) is 4.26. The third-order valence-electron chi connectivity index (χ3n) is 4.18. The monoisotopic (exact) mass is 418 g/mol. The van der Waals surface area contributed by atoms with Crippen molar-refractivity contribution in [1.29, 1.82) is 0 Å². The standard InChI is InChI=1S/C19H22N4O3S2/c1-3-9-23-18(25)14(28-19(23)27)12-13-16(20-8-6-11-26-2)21-15-7-4-5-10-22(15)17(13)24/h4-5,7,10,12,20H,3,6,8-9,11H2,1-2H3/b14-12-. The molecule has 3 rings (SSSR count). The Labute approximate surface area is 172 Å². The van der Waals surface area contributed by atoms with E-state index in [1.807, 2.05) is 13.0 Å². The van der Waals surface area contributed by atoms with Crippen molar-refractivity contribution in [2.24, 2.45) is 0 Å². The van der Waals surface area contributed by atoms with Crippen LogP contribution in [0.3, 0.4) is 0 Å². The lowest BCUT2D eigenvalue weighted by atomic mass is 10.2. The largest absolute Gasteiger partial charge is 0.385 e. The van der Waals surface area contributed by atoms with E-state index in [4.69, 9.17) is 17.0 Å². The molecular formula is C19H22N4O3S2. The van der Waals surface area contributed by atoms with Crippen LogP contribution in [0, 0.1) is 0 Å². The highest BCUT2D eigenvalue weighted by Gasteiger charge is 2.31. The summed E-state index contributed by atoms with van der Waals surface area (Å²) < 4.78 is 7.05. The van der Waals surface area contributed by atoms with E-state index in [2.05, 4.69) is 10.3 Å². The molecule has 0 aromatic carbocycles. The highest BCUT2D eigenvalue weighted by atomic mass is 32.2. The number of amides is 1. The van der Waals surface area contributed by atoms with Crippen LogP contribution in [0.2, 0.25) is 0 Å². The Bertz CT molecular complexity index is 987. The minimum absolute atomic E-state index is 0.167. The Balaban J connectivity index is 2.03. The summed E-state index contributed by atoms with van der Waals surface area (Å²) in [5.74, 6) is 0.285. The van der Waals surface area contributed by atoms with E-state index in [0.29, 0.717) is 46.0 Å². The van der Waals surface area contributed by atoms with E-state index in [0.717, 1.165) is 12.8 Å². The first-order valence-electron chi connectivity index (χ1n) is 9.06. The van der Waals surface area contributed by atoms with Gasteiger partial charge in [0.25, 0.3) is 11.5 Å². The molecule has 0 saturated carbocycles. The lowest BCUT2D eigenvalue weighted by Crippen LogP contribution is -2.28. The summed E-state index contributed by atoms with van der Waals surface area (Å²) in [5.41, 5.74) is 0.649. The minimum atomic E-state index is -0.236. The molecule has 1 N–H and O–H groups in total. The molecule has 1 aliphatic heterocycles. The number of nitrogens with one attached hydrogen (secondary N) is 1. The molecule has 0 radical (unpaired) electrons. The minimum Gasteiger partial charge on any atom is -0.385 e. The zero-order valence-electron chi connectivity index (χ0n) is 15.8. The Morgan fingerprint density at radius 2 is 2.18 bits per heavy atom. The average Bonchev–Trinajstić information content (AvgIpc) is 2.96. The topological polar surface area (TPSA) is 75.9 Å². The number of carbonyl (C=O) groups is 1. The van der Waals surface area contributed by atoms with Gasteiger partial charge in [0.1, 0.15) is 15.8 Å². The van der Waals surface area contributed by atoms with Gasteiger partial charge >= 0.3 is 0 Å². The maximum absolute atomic E-state index is 13.1. The predicted octanol–water partition coefficient (Wildman–Crippen LogP) is 2.75. The normalized spacial score (nSPS) is 15.8. The van der Waals surface area contributed by atoms with Gasteiger partial charge in [-0.1, -0.05) is 37.0 Å². The first-order valence-corrected chi connectivity index (χ1v) is 10.3. The quantitative estimate of drug-likeness (QED) is 0.401. The molecule has 0 bridgehead atoms. The van der Waals surface area contributed by atoms with Crippen LogP contribution in [0.1, 0.15) is 25.3 Å². The van der Waals surface area contributed by atoms with Crippen LogP contribution < -0.4 is 10.9 Å². The van der Waals surface area contributed by atoms with Gasteiger partial charge in [-0.3, -0.25) is 18.9 Å². The Kier molecular flexibility index (Phi) is 6.82. The Morgan fingerprint density at radius 3 is 2.93 bits per heavy atom. The van der Waals surface area contributed by atoms with E-state index in [-0.39, 0.29) is 11.5 Å². The van der Waals surface area contributed by atoms with Crippen molar-refractivity contribution in [1.82, 2.24) is 14.3 Å². The van der Waals surface area contributed by atoms with Gasteiger partial charge in [0, 0.05) is 33.0 Å². The van der Waals surface area contributed by atoms with Crippen molar-refractivity contribution in [2.45, 2.75) is 19.8 Å². The number of fused-ring (bicyclic) bond motifs is 1. The van der Waals surface area contributed by atoms with E-state index in [1.165, 1.54) is 16.2 Å². The third-order valence-corrected chi connectivity index (χ3v) is 5.56. The molecule has 1 aliphatic rings. The van der Waals surface area contributed by atoms with E-state index in [1.54, 1.807) is 36.4 Å². The Morgan fingerprint density at radius 1 is 1.36 bits per heavy atom. The fourth-order valence-electron chi connectivity index (χ4n) is 2.84. The smallest absolute Gasteiger partial charge is 0.267 e. The van der Waals surface area contributed by atoms with Crippen molar-refractivity contribution >= 4 is 51.7 Å². The number of pyridine rings is 1. The molecule has 7 nitrogen and oxygen atoms in total. The second-order valence-electron chi connectivity index (χ2n) is 6.21. The van der Waals surface area contributed by atoms with Crippen LogP contribution in [0.15, 0.2) is 34.1 Å². The lowest BCUT2D eigenvalue weighted by molar-refractivity contribution is -0.122. The summed E-state index contributed by atoms with van der Waals surface area (Å²) in [4.78, 5) is 32.3. The van der Waals surface area contributed by atoms with E-state index in [9.17, 15) is 9.59 Å². The number of aromatic nitrogens is 2. The highest BCUT2D eigenvalue weighted by molar-refractivity contribution is 8.26. The molecule has 28 heavy (non-hydrogen) atoms. The first-order chi connectivity index (χ1) is 13.6. The van der Waals surface area contributed by atoms with Gasteiger partial charge in [-0.25, -0.2) is 4.98 Å².